The number of aromatic nitrogens is 4. The predicted molar refractivity (Wildman–Crippen MR) is 69.5 cm³/mol. The number of carbonyl (C=O) groups is 1. The second-order valence-electron chi connectivity index (χ2n) is 3.83. The number of rotatable bonds is 4. The molecule has 0 saturated carbocycles. The fraction of sp³-hybridized carbons (Fsp3) is 0.250. The molecule has 0 amide bonds. The molecule has 0 atom stereocenters. The van der Waals surface area contributed by atoms with Crippen molar-refractivity contribution in [2.24, 2.45) is 7.05 Å². The van der Waals surface area contributed by atoms with Crippen LogP contribution in [0, 0.1) is 0 Å². The lowest BCUT2D eigenvalue weighted by molar-refractivity contribution is 0.104. The lowest BCUT2D eigenvalue weighted by atomic mass is 10.2. The van der Waals surface area contributed by atoms with Crippen molar-refractivity contribution in [2.75, 3.05) is 0 Å². The van der Waals surface area contributed by atoms with E-state index in [1.807, 2.05) is 13.1 Å². The van der Waals surface area contributed by atoms with E-state index in [-0.39, 0.29) is 11.5 Å². The number of hydrogen-bond donors (Lipinski definition) is 0. The van der Waals surface area contributed by atoms with Gasteiger partial charge in [0, 0.05) is 31.5 Å². The molecule has 0 spiro atoms. The largest absolute Gasteiger partial charge is 0.287 e. The van der Waals surface area contributed by atoms with Crippen LogP contribution in [0.15, 0.2) is 24.7 Å². The van der Waals surface area contributed by atoms with Crippen molar-refractivity contribution in [1.82, 2.24) is 19.6 Å². The lowest BCUT2D eigenvalue weighted by Crippen LogP contribution is -1.98. The van der Waals surface area contributed by atoms with Gasteiger partial charge in [0.2, 0.25) is 5.78 Å². The third-order valence-corrected chi connectivity index (χ3v) is 2.70. The molecule has 2 aromatic heterocycles. The van der Waals surface area contributed by atoms with E-state index in [0.717, 1.165) is 12.1 Å². The molecule has 0 aromatic carbocycles. The van der Waals surface area contributed by atoms with Crippen LogP contribution in [-0.2, 0) is 13.6 Å². The van der Waals surface area contributed by atoms with Crippen molar-refractivity contribution < 1.29 is 4.79 Å². The van der Waals surface area contributed by atoms with Crippen LogP contribution >= 0.6 is 11.6 Å². The SMILES string of the molecule is CCn1cc(/C=C/C(=O)c2nn(C)cc2Cl)cn1. The summed E-state index contributed by atoms with van der Waals surface area (Å²) in [5, 5.41) is 8.48. The van der Waals surface area contributed by atoms with E-state index in [9.17, 15) is 4.79 Å². The van der Waals surface area contributed by atoms with Crippen molar-refractivity contribution in [1.29, 1.82) is 0 Å². The summed E-state index contributed by atoms with van der Waals surface area (Å²) in [5.74, 6) is -0.218. The molecule has 2 heterocycles. The summed E-state index contributed by atoms with van der Waals surface area (Å²) < 4.78 is 3.30. The van der Waals surface area contributed by atoms with Gasteiger partial charge in [-0.1, -0.05) is 11.6 Å². The highest BCUT2D eigenvalue weighted by Gasteiger charge is 2.11. The molecular weight excluding hydrogens is 252 g/mol. The highest BCUT2D eigenvalue weighted by molar-refractivity contribution is 6.34. The Morgan fingerprint density at radius 2 is 2.28 bits per heavy atom. The summed E-state index contributed by atoms with van der Waals surface area (Å²) in [6, 6.07) is 0. The molecule has 2 rings (SSSR count). The predicted octanol–water partition coefficient (Wildman–Crippen LogP) is 2.19. The molecule has 2 aromatic rings. The van der Waals surface area contributed by atoms with E-state index >= 15 is 0 Å². The van der Waals surface area contributed by atoms with Crippen molar-refractivity contribution >= 4 is 23.5 Å². The first-order valence-electron chi connectivity index (χ1n) is 5.54. The van der Waals surface area contributed by atoms with Crippen LogP contribution in [0.5, 0.6) is 0 Å². The maximum absolute atomic E-state index is 11.9. The average Bonchev–Trinajstić information content (AvgIpc) is 2.92. The smallest absolute Gasteiger partial charge is 0.207 e. The third kappa shape index (κ3) is 2.68. The molecule has 0 fully saturated rings. The molecule has 0 aliphatic heterocycles. The maximum atomic E-state index is 11.9. The van der Waals surface area contributed by atoms with E-state index < -0.39 is 0 Å². The first-order valence-corrected chi connectivity index (χ1v) is 5.92. The molecule has 0 N–H and O–H groups in total. The van der Waals surface area contributed by atoms with Crippen molar-refractivity contribution in [3.63, 3.8) is 0 Å². The number of hydrogen-bond acceptors (Lipinski definition) is 3. The molecule has 18 heavy (non-hydrogen) atoms. The second-order valence-corrected chi connectivity index (χ2v) is 4.23. The van der Waals surface area contributed by atoms with Gasteiger partial charge >= 0.3 is 0 Å². The minimum Gasteiger partial charge on any atom is -0.287 e. The van der Waals surface area contributed by atoms with Gasteiger partial charge in [0.1, 0.15) is 0 Å². The Morgan fingerprint density at radius 3 is 2.83 bits per heavy atom. The normalized spacial score (nSPS) is 11.3. The second kappa shape index (κ2) is 5.18. The lowest BCUT2D eigenvalue weighted by Gasteiger charge is -1.90. The number of halogens is 1. The molecule has 0 saturated heterocycles. The summed E-state index contributed by atoms with van der Waals surface area (Å²) in [7, 11) is 1.72. The molecule has 0 aliphatic carbocycles. The maximum Gasteiger partial charge on any atom is 0.207 e. The van der Waals surface area contributed by atoms with Crippen molar-refractivity contribution in [3.05, 3.63) is 40.9 Å². The fourth-order valence-electron chi connectivity index (χ4n) is 1.52. The van der Waals surface area contributed by atoms with E-state index in [2.05, 4.69) is 10.2 Å². The number of ketones is 1. The van der Waals surface area contributed by atoms with E-state index in [4.69, 9.17) is 11.6 Å². The molecule has 6 heteroatoms. The van der Waals surface area contributed by atoms with Gasteiger partial charge in [-0.25, -0.2) is 0 Å². The van der Waals surface area contributed by atoms with Crippen LogP contribution in [0.25, 0.3) is 6.08 Å². The van der Waals surface area contributed by atoms with Crippen LogP contribution in [0.4, 0.5) is 0 Å². The zero-order valence-electron chi connectivity index (χ0n) is 10.2. The van der Waals surface area contributed by atoms with Gasteiger partial charge in [-0.2, -0.15) is 10.2 Å². The van der Waals surface area contributed by atoms with Crippen LogP contribution < -0.4 is 0 Å². The summed E-state index contributed by atoms with van der Waals surface area (Å²) in [5.41, 5.74) is 1.13. The van der Waals surface area contributed by atoms with Gasteiger partial charge < -0.3 is 0 Å². The minimum atomic E-state index is -0.218. The number of carbonyl (C=O) groups excluding carboxylic acids is 1. The fourth-order valence-corrected chi connectivity index (χ4v) is 1.79. The van der Waals surface area contributed by atoms with Crippen LogP contribution in [-0.4, -0.2) is 25.3 Å². The molecule has 0 radical (unpaired) electrons. The Labute approximate surface area is 110 Å². The Bertz CT molecular complexity index is 597. The van der Waals surface area contributed by atoms with E-state index in [1.54, 1.807) is 30.2 Å². The van der Waals surface area contributed by atoms with Gasteiger partial charge in [0.15, 0.2) is 5.69 Å². The standard InChI is InChI=1S/C12H13ClN4O/c1-3-17-7-9(6-14-17)4-5-11(18)12-10(13)8-16(2)15-12/h4-8H,3H2,1-2H3/b5-4+. The molecule has 94 valence electrons. The number of allylic oxidation sites excluding steroid dienone is 1. The van der Waals surface area contributed by atoms with Crippen molar-refractivity contribution in [2.45, 2.75) is 13.5 Å². The Morgan fingerprint density at radius 1 is 1.50 bits per heavy atom. The third-order valence-electron chi connectivity index (χ3n) is 2.42. The first-order chi connectivity index (χ1) is 8.60. The topological polar surface area (TPSA) is 52.7 Å². The molecule has 0 unspecified atom stereocenters. The van der Waals surface area contributed by atoms with Gasteiger partial charge in [0.25, 0.3) is 0 Å². The quantitative estimate of drug-likeness (QED) is 0.628. The van der Waals surface area contributed by atoms with Gasteiger partial charge in [-0.15, -0.1) is 0 Å². The van der Waals surface area contributed by atoms with Gasteiger partial charge in [-0.05, 0) is 19.1 Å². The van der Waals surface area contributed by atoms with Crippen molar-refractivity contribution in [3.8, 4) is 0 Å². The molecule has 5 nitrogen and oxygen atoms in total. The minimum absolute atomic E-state index is 0.218. The van der Waals surface area contributed by atoms with Crippen LogP contribution in [0.1, 0.15) is 23.0 Å². The Hall–Kier alpha value is -1.88. The molecular formula is C12H13ClN4O. The molecule has 0 aliphatic rings. The monoisotopic (exact) mass is 264 g/mol. The average molecular weight is 265 g/mol. The van der Waals surface area contributed by atoms with Gasteiger partial charge in [-0.3, -0.25) is 14.2 Å². The zero-order valence-corrected chi connectivity index (χ0v) is 10.9. The summed E-state index contributed by atoms with van der Waals surface area (Å²) in [4.78, 5) is 11.9. The summed E-state index contributed by atoms with van der Waals surface area (Å²) in [6.45, 7) is 2.80. The van der Waals surface area contributed by atoms with E-state index in [1.165, 1.54) is 10.8 Å². The number of aryl methyl sites for hydroxylation is 2. The highest BCUT2D eigenvalue weighted by Crippen LogP contribution is 2.14. The first kappa shape index (κ1) is 12.6. The van der Waals surface area contributed by atoms with Crippen LogP contribution in [0.2, 0.25) is 5.02 Å². The van der Waals surface area contributed by atoms with E-state index in [0.29, 0.717) is 5.02 Å². The Balaban J connectivity index is 2.14. The summed E-state index contributed by atoms with van der Waals surface area (Å²) in [6.07, 6.45) is 8.31. The highest BCUT2D eigenvalue weighted by atomic mass is 35.5. The summed E-state index contributed by atoms with van der Waals surface area (Å²) >= 11 is 5.89. The zero-order chi connectivity index (χ0) is 13.1. The number of nitrogens with zero attached hydrogens (tertiary/aromatic N) is 4. The molecule has 0 bridgehead atoms. The van der Waals surface area contributed by atoms with Gasteiger partial charge in [0.05, 0.1) is 11.2 Å². The van der Waals surface area contributed by atoms with Crippen LogP contribution in [0.3, 0.4) is 0 Å². The Kier molecular flexibility index (Phi) is 3.62.